The second-order valence-corrected chi connectivity index (χ2v) is 6.60. The summed E-state index contributed by atoms with van der Waals surface area (Å²) in [4.78, 5) is 22.7. The zero-order chi connectivity index (χ0) is 16.0. The number of rotatable bonds is 7. The van der Waals surface area contributed by atoms with Crippen molar-refractivity contribution in [2.24, 2.45) is 0 Å². The molecule has 1 N–H and O–H groups in total. The highest BCUT2D eigenvalue weighted by Gasteiger charge is 2.27. The van der Waals surface area contributed by atoms with Gasteiger partial charge in [0.05, 0.1) is 20.1 Å². The predicted molar refractivity (Wildman–Crippen MR) is 76.8 cm³/mol. The molecule has 0 atom stereocenters. The number of hydrogen-bond acceptors (Lipinski definition) is 7. The molecule has 0 aliphatic heterocycles. The third-order valence-corrected chi connectivity index (χ3v) is 5.34. The van der Waals surface area contributed by atoms with Crippen LogP contribution in [0.15, 0.2) is 10.3 Å². The van der Waals surface area contributed by atoms with E-state index in [9.17, 15) is 18.0 Å². The lowest BCUT2D eigenvalue weighted by Gasteiger charge is -2.08. The fourth-order valence-corrected chi connectivity index (χ4v) is 4.33. The molecule has 0 aliphatic rings. The standard InChI is InChI=1S/C12H17NO6S2/c1-4-19-9(14)5-6-13-21(16,17)11-8(2)7-20-10(11)12(15)18-3/h7,13H,4-6H2,1-3H3. The van der Waals surface area contributed by atoms with Gasteiger partial charge in [-0.2, -0.15) is 0 Å². The van der Waals surface area contributed by atoms with E-state index >= 15 is 0 Å². The molecule has 1 aromatic rings. The van der Waals surface area contributed by atoms with Crippen molar-refractivity contribution in [2.45, 2.75) is 25.2 Å². The van der Waals surface area contributed by atoms with E-state index < -0.39 is 22.0 Å². The van der Waals surface area contributed by atoms with E-state index in [1.807, 2.05) is 0 Å². The Kier molecular flexibility index (Phi) is 6.31. The zero-order valence-electron chi connectivity index (χ0n) is 12.0. The molecule has 118 valence electrons. The summed E-state index contributed by atoms with van der Waals surface area (Å²) < 4.78 is 36.0. The normalized spacial score (nSPS) is 11.2. The number of esters is 2. The number of methoxy groups -OCH3 is 1. The number of nitrogens with one attached hydrogen (secondary N) is 1. The molecule has 1 rings (SSSR count). The summed E-state index contributed by atoms with van der Waals surface area (Å²) in [6.45, 7) is 3.39. The van der Waals surface area contributed by atoms with E-state index in [1.165, 1.54) is 7.11 Å². The first kappa shape index (κ1) is 17.6. The van der Waals surface area contributed by atoms with Crippen LogP contribution in [0.25, 0.3) is 0 Å². The van der Waals surface area contributed by atoms with Crippen molar-refractivity contribution >= 4 is 33.3 Å². The van der Waals surface area contributed by atoms with Crippen molar-refractivity contribution in [3.05, 3.63) is 15.8 Å². The lowest BCUT2D eigenvalue weighted by Crippen LogP contribution is -2.28. The van der Waals surface area contributed by atoms with Gasteiger partial charge in [0.15, 0.2) is 0 Å². The number of sulfonamides is 1. The van der Waals surface area contributed by atoms with Gasteiger partial charge >= 0.3 is 11.9 Å². The summed E-state index contributed by atoms with van der Waals surface area (Å²) in [7, 11) is -2.71. The van der Waals surface area contributed by atoms with Crippen LogP contribution in [0.4, 0.5) is 0 Å². The van der Waals surface area contributed by atoms with Crippen LogP contribution < -0.4 is 4.72 Å². The van der Waals surface area contributed by atoms with Crippen molar-refractivity contribution in [2.75, 3.05) is 20.3 Å². The topological polar surface area (TPSA) is 98.8 Å². The van der Waals surface area contributed by atoms with Gasteiger partial charge in [-0.15, -0.1) is 11.3 Å². The van der Waals surface area contributed by atoms with Crippen molar-refractivity contribution in [1.29, 1.82) is 0 Å². The number of hydrogen-bond donors (Lipinski definition) is 1. The van der Waals surface area contributed by atoms with Gasteiger partial charge in [-0.1, -0.05) is 0 Å². The number of thiophene rings is 1. The first-order chi connectivity index (χ1) is 9.83. The Labute approximate surface area is 127 Å². The molecule has 0 bridgehead atoms. The molecular formula is C12H17NO6S2. The maximum absolute atomic E-state index is 12.2. The van der Waals surface area contributed by atoms with Gasteiger partial charge < -0.3 is 9.47 Å². The maximum atomic E-state index is 12.2. The van der Waals surface area contributed by atoms with Gasteiger partial charge in [0, 0.05) is 6.54 Å². The summed E-state index contributed by atoms with van der Waals surface area (Å²) in [6, 6.07) is 0. The van der Waals surface area contributed by atoms with E-state index in [4.69, 9.17) is 4.74 Å². The van der Waals surface area contributed by atoms with Gasteiger partial charge in [0.2, 0.25) is 10.0 Å². The van der Waals surface area contributed by atoms with Crippen LogP contribution in [0.1, 0.15) is 28.6 Å². The lowest BCUT2D eigenvalue weighted by molar-refractivity contribution is -0.142. The Balaban J connectivity index is 2.86. The van der Waals surface area contributed by atoms with Crippen LogP contribution in [-0.4, -0.2) is 40.6 Å². The molecule has 1 heterocycles. The zero-order valence-corrected chi connectivity index (χ0v) is 13.6. The molecule has 0 saturated carbocycles. The second kappa shape index (κ2) is 7.53. The highest BCUT2D eigenvalue weighted by molar-refractivity contribution is 7.89. The first-order valence-electron chi connectivity index (χ1n) is 6.15. The molecule has 0 amide bonds. The minimum Gasteiger partial charge on any atom is -0.466 e. The average molecular weight is 335 g/mol. The Morgan fingerprint density at radius 2 is 2.05 bits per heavy atom. The van der Waals surface area contributed by atoms with Crippen LogP contribution in [0.5, 0.6) is 0 Å². The Hall–Kier alpha value is -1.45. The summed E-state index contributed by atoms with van der Waals surface area (Å²) in [5.41, 5.74) is 0.448. The van der Waals surface area contributed by atoms with Crippen LogP contribution in [0, 0.1) is 6.92 Å². The third kappa shape index (κ3) is 4.51. The van der Waals surface area contributed by atoms with Crippen LogP contribution in [0.3, 0.4) is 0 Å². The van der Waals surface area contributed by atoms with E-state index in [-0.39, 0.29) is 29.3 Å². The summed E-state index contributed by atoms with van der Waals surface area (Å²) in [5, 5.41) is 1.56. The molecule has 7 nitrogen and oxygen atoms in total. The molecule has 0 fully saturated rings. The molecule has 0 unspecified atom stereocenters. The SMILES string of the molecule is CCOC(=O)CCNS(=O)(=O)c1c(C)csc1C(=O)OC. The van der Waals surface area contributed by atoms with Gasteiger partial charge in [-0.3, -0.25) is 4.79 Å². The summed E-state index contributed by atoms with van der Waals surface area (Å²) in [6.07, 6.45) is -0.0796. The molecule has 21 heavy (non-hydrogen) atoms. The van der Waals surface area contributed by atoms with Gasteiger partial charge in [0.25, 0.3) is 0 Å². The molecule has 0 radical (unpaired) electrons. The number of aryl methyl sites for hydroxylation is 1. The van der Waals surface area contributed by atoms with Crippen LogP contribution in [-0.2, 0) is 24.3 Å². The first-order valence-corrected chi connectivity index (χ1v) is 8.51. The van der Waals surface area contributed by atoms with E-state index in [2.05, 4.69) is 9.46 Å². The minimum atomic E-state index is -3.89. The molecular weight excluding hydrogens is 318 g/mol. The molecule has 0 spiro atoms. The maximum Gasteiger partial charge on any atom is 0.349 e. The van der Waals surface area contributed by atoms with Crippen molar-refractivity contribution < 1.29 is 27.5 Å². The molecule has 0 aromatic carbocycles. The molecule has 9 heteroatoms. The number of carbonyl (C=O) groups is 2. The van der Waals surface area contributed by atoms with Crippen molar-refractivity contribution in [3.8, 4) is 0 Å². The van der Waals surface area contributed by atoms with Gasteiger partial charge in [-0.25, -0.2) is 17.9 Å². The van der Waals surface area contributed by atoms with Gasteiger partial charge in [-0.05, 0) is 24.8 Å². The molecule has 1 aromatic heterocycles. The molecule has 0 saturated heterocycles. The number of ether oxygens (including phenoxy) is 2. The smallest absolute Gasteiger partial charge is 0.349 e. The van der Waals surface area contributed by atoms with Crippen LogP contribution >= 0.6 is 11.3 Å². The molecule has 0 aliphatic carbocycles. The minimum absolute atomic E-state index is 0.0126. The fourth-order valence-electron chi connectivity index (χ4n) is 1.59. The fraction of sp³-hybridized carbons (Fsp3) is 0.500. The third-order valence-electron chi connectivity index (χ3n) is 2.48. The Bertz CT molecular complexity index is 620. The Morgan fingerprint density at radius 1 is 1.38 bits per heavy atom. The van der Waals surface area contributed by atoms with E-state index in [0.717, 1.165) is 11.3 Å². The summed E-state index contributed by atoms with van der Waals surface area (Å²) >= 11 is 0.998. The Morgan fingerprint density at radius 3 is 2.62 bits per heavy atom. The highest BCUT2D eigenvalue weighted by atomic mass is 32.2. The quantitative estimate of drug-likeness (QED) is 0.749. The second-order valence-electron chi connectivity index (χ2n) is 4.02. The largest absolute Gasteiger partial charge is 0.466 e. The average Bonchev–Trinajstić information content (AvgIpc) is 2.80. The monoisotopic (exact) mass is 335 g/mol. The van der Waals surface area contributed by atoms with Crippen LogP contribution in [0.2, 0.25) is 0 Å². The van der Waals surface area contributed by atoms with Crippen molar-refractivity contribution in [3.63, 3.8) is 0 Å². The number of carbonyl (C=O) groups excluding carboxylic acids is 2. The van der Waals surface area contributed by atoms with Gasteiger partial charge in [0.1, 0.15) is 9.77 Å². The van der Waals surface area contributed by atoms with Crippen molar-refractivity contribution in [1.82, 2.24) is 4.72 Å². The van der Waals surface area contributed by atoms with E-state index in [0.29, 0.717) is 5.56 Å². The lowest BCUT2D eigenvalue weighted by atomic mass is 10.3. The predicted octanol–water partition coefficient (Wildman–Crippen LogP) is 1.07. The van der Waals surface area contributed by atoms with E-state index in [1.54, 1.807) is 19.2 Å². The summed E-state index contributed by atoms with van der Waals surface area (Å²) in [5.74, 6) is -1.20. The highest BCUT2D eigenvalue weighted by Crippen LogP contribution is 2.27.